The monoisotopic (exact) mass is 350 g/mol. The van der Waals surface area contributed by atoms with Gasteiger partial charge in [0.05, 0.1) is 11.8 Å². The molecule has 25 heavy (non-hydrogen) atoms. The number of ether oxygens (including phenoxy) is 1. The molecule has 1 heterocycles. The molecule has 3 aliphatic rings. The Morgan fingerprint density at radius 1 is 1.28 bits per heavy atom. The number of hydrogen-bond donors (Lipinski definition) is 1. The first-order valence-electron chi connectivity index (χ1n) is 9.57. The molecule has 0 spiro atoms. The number of carbonyl (C=O) groups excluding carboxylic acids is 2. The summed E-state index contributed by atoms with van der Waals surface area (Å²) < 4.78 is 5.47. The Bertz CT molecular complexity index is 568. The fraction of sp³-hybridized carbons (Fsp3) is 0.850. The maximum absolute atomic E-state index is 12.4. The zero-order valence-corrected chi connectivity index (χ0v) is 15.5. The first kappa shape index (κ1) is 18.4. The summed E-state index contributed by atoms with van der Waals surface area (Å²) in [4.78, 5) is 35.6. The molecule has 0 amide bonds. The number of carboxylic acid groups (broad SMARTS) is 1. The SMILES string of the molecule is CC1(C)CC[C@H]([C@@]2(C)CC[C@@H]3C[C@@H]2C(=O)O3)[C@@H](C(=O)O)[C@@H]1CCC=O. The van der Waals surface area contributed by atoms with E-state index in [9.17, 15) is 19.5 Å². The van der Waals surface area contributed by atoms with E-state index in [4.69, 9.17) is 4.74 Å². The predicted octanol–water partition coefficient (Wildman–Crippen LogP) is 3.45. The van der Waals surface area contributed by atoms with Gasteiger partial charge in [0.2, 0.25) is 0 Å². The summed E-state index contributed by atoms with van der Waals surface area (Å²) in [6.45, 7) is 6.35. The van der Waals surface area contributed by atoms with Gasteiger partial charge in [0.25, 0.3) is 0 Å². The van der Waals surface area contributed by atoms with Crippen LogP contribution in [0.3, 0.4) is 0 Å². The van der Waals surface area contributed by atoms with Gasteiger partial charge in [0, 0.05) is 6.42 Å². The molecule has 1 N–H and O–H groups in total. The van der Waals surface area contributed by atoms with Crippen molar-refractivity contribution in [3.05, 3.63) is 0 Å². The van der Waals surface area contributed by atoms with Crippen molar-refractivity contribution in [3.63, 3.8) is 0 Å². The second kappa shape index (κ2) is 6.40. The Morgan fingerprint density at radius 3 is 2.64 bits per heavy atom. The highest BCUT2D eigenvalue weighted by Gasteiger charge is 2.59. The number of hydrogen-bond acceptors (Lipinski definition) is 4. The number of esters is 1. The molecular weight excluding hydrogens is 320 g/mol. The molecule has 2 aliphatic carbocycles. The molecule has 6 atom stereocenters. The second-order valence-electron chi connectivity index (χ2n) is 9.24. The van der Waals surface area contributed by atoms with Crippen LogP contribution < -0.4 is 0 Å². The summed E-state index contributed by atoms with van der Waals surface area (Å²) in [6, 6.07) is 0. The molecule has 140 valence electrons. The Kier molecular flexibility index (Phi) is 4.71. The topological polar surface area (TPSA) is 80.7 Å². The largest absolute Gasteiger partial charge is 0.481 e. The Balaban J connectivity index is 1.95. The highest BCUT2D eigenvalue weighted by molar-refractivity contribution is 5.77. The summed E-state index contributed by atoms with van der Waals surface area (Å²) in [6.07, 6.45) is 6.11. The van der Waals surface area contributed by atoms with Crippen LogP contribution >= 0.6 is 0 Å². The van der Waals surface area contributed by atoms with Crippen molar-refractivity contribution >= 4 is 18.2 Å². The van der Waals surface area contributed by atoms with Gasteiger partial charge in [-0.2, -0.15) is 0 Å². The molecule has 1 saturated heterocycles. The van der Waals surface area contributed by atoms with Crippen LogP contribution in [0.25, 0.3) is 0 Å². The molecule has 5 heteroatoms. The molecule has 3 fully saturated rings. The standard InChI is InChI=1S/C20H30O5/c1-19(2)8-7-14(16(17(22)23)13(19)5-4-10-21)20(3)9-6-12-11-15(20)18(24)25-12/h10,12-16H,4-9,11H2,1-3H3,(H,22,23)/t12-,13+,14+,15-,16+,20-/m1/s1. The van der Waals surface area contributed by atoms with Crippen molar-refractivity contribution in [1.82, 2.24) is 0 Å². The lowest BCUT2D eigenvalue weighted by atomic mass is 9.49. The van der Waals surface area contributed by atoms with Crippen LogP contribution in [0.5, 0.6) is 0 Å². The molecule has 0 unspecified atom stereocenters. The number of rotatable bonds is 5. The minimum absolute atomic E-state index is 0.0275. The highest BCUT2D eigenvalue weighted by atomic mass is 16.6. The van der Waals surface area contributed by atoms with Gasteiger partial charge in [0.15, 0.2) is 0 Å². The van der Waals surface area contributed by atoms with Crippen LogP contribution in [-0.2, 0) is 19.1 Å². The van der Waals surface area contributed by atoms with Crippen molar-refractivity contribution in [3.8, 4) is 0 Å². The van der Waals surface area contributed by atoms with E-state index < -0.39 is 11.9 Å². The Hall–Kier alpha value is -1.39. The summed E-state index contributed by atoms with van der Waals surface area (Å²) in [5.41, 5.74) is -0.421. The lowest BCUT2D eigenvalue weighted by Crippen LogP contribution is -2.52. The first-order valence-corrected chi connectivity index (χ1v) is 9.57. The summed E-state index contributed by atoms with van der Waals surface area (Å²) in [5, 5.41) is 10.1. The van der Waals surface area contributed by atoms with Crippen molar-refractivity contribution in [2.45, 2.75) is 71.8 Å². The summed E-state index contributed by atoms with van der Waals surface area (Å²) >= 11 is 0. The zero-order valence-electron chi connectivity index (χ0n) is 15.5. The average Bonchev–Trinajstić information content (AvgIpc) is 2.86. The van der Waals surface area contributed by atoms with Gasteiger partial charge in [-0.25, -0.2) is 0 Å². The van der Waals surface area contributed by atoms with E-state index >= 15 is 0 Å². The fourth-order valence-electron chi connectivity index (χ4n) is 6.02. The number of aldehydes is 1. The Morgan fingerprint density at radius 2 is 2.00 bits per heavy atom. The molecule has 5 nitrogen and oxygen atoms in total. The number of carbonyl (C=O) groups is 3. The Labute approximate surface area is 149 Å². The third-order valence-electron chi connectivity index (χ3n) is 7.57. The molecule has 0 aromatic carbocycles. The lowest BCUT2D eigenvalue weighted by molar-refractivity contribution is -0.162. The van der Waals surface area contributed by atoms with Gasteiger partial charge in [0.1, 0.15) is 12.4 Å². The minimum Gasteiger partial charge on any atom is -0.481 e. The smallest absolute Gasteiger partial charge is 0.309 e. The lowest BCUT2D eigenvalue weighted by Gasteiger charge is -2.54. The van der Waals surface area contributed by atoms with Gasteiger partial charge in [-0.1, -0.05) is 20.8 Å². The third kappa shape index (κ3) is 3.00. The maximum Gasteiger partial charge on any atom is 0.309 e. The molecule has 0 aromatic rings. The van der Waals surface area contributed by atoms with Gasteiger partial charge in [-0.3, -0.25) is 9.59 Å². The van der Waals surface area contributed by atoms with E-state index in [0.29, 0.717) is 12.8 Å². The molecule has 3 rings (SSSR count). The van der Waals surface area contributed by atoms with Gasteiger partial charge < -0.3 is 14.6 Å². The number of fused-ring (bicyclic) bond motifs is 2. The van der Waals surface area contributed by atoms with Crippen LogP contribution in [-0.4, -0.2) is 29.4 Å². The number of carboxylic acids is 1. The normalized spacial score (nSPS) is 42.7. The van der Waals surface area contributed by atoms with Gasteiger partial charge >= 0.3 is 11.9 Å². The zero-order chi connectivity index (χ0) is 18.4. The molecule has 1 aliphatic heterocycles. The van der Waals surface area contributed by atoms with Gasteiger partial charge in [-0.15, -0.1) is 0 Å². The quantitative estimate of drug-likeness (QED) is 0.607. The molecular formula is C20H30O5. The van der Waals surface area contributed by atoms with Crippen LogP contribution in [0.15, 0.2) is 0 Å². The predicted molar refractivity (Wildman–Crippen MR) is 91.7 cm³/mol. The second-order valence-corrected chi connectivity index (χ2v) is 9.24. The maximum atomic E-state index is 12.4. The van der Waals surface area contributed by atoms with Crippen LogP contribution in [0, 0.1) is 34.5 Å². The molecule has 0 aromatic heterocycles. The average molecular weight is 350 g/mol. The molecule has 2 saturated carbocycles. The van der Waals surface area contributed by atoms with Crippen molar-refractivity contribution in [1.29, 1.82) is 0 Å². The van der Waals surface area contributed by atoms with Crippen LogP contribution in [0.1, 0.15) is 65.7 Å². The van der Waals surface area contributed by atoms with E-state index in [0.717, 1.165) is 38.4 Å². The van der Waals surface area contributed by atoms with Crippen LogP contribution in [0.4, 0.5) is 0 Å². The van der Waals surface area contributed by atoms with Crippen molar-refractivity contribution in [2.24, 2.45) is 34.5 Å². The third-order valence-corrected chi connectivity index (χ3v) is 7.57. The summed E-state index contributed by atoms with van der Waals surface area (Å²) in [5.74, 6) is -1.66. The van der Waals surface area contributed by atoms with Crippen LogP contribution in [0.2, 0.25) is 0 Å². The van der Waals surface area contributed by atoms with Crippen molar-refractivity contribution in [2.75, 3.05) is 0 Å². The number of aliphatic carboxylic acids is 1. The minimum atomic E-state index is -0.775. The van der Waals surface area contributed by atoms with E-state index in [-0.39, 0.29) is 40.7 Å². The fourth-order valence-corrected chi connectivity index (χ4v) is 6.02. The van der Waals surface area contributed by atoms with E-state index in [1.54, 1.807) is 0 Å². The summed E-state index contributed by atoms with van der Waals surface area (Å²) in [7, 11) is 0. The van der Waals surface area contributed by atoms with Gasteiger partial charge in [-0.05, 0) is 61.2 Å². The van der Waals surface area contributed by atoms with E-state index in [1.165, 1.54) is 0 Å². The van der Waals surface area contributed by atoms with Crippen molar-refractivity contribution < 1.29 is 24.2 Å². The van der Waals surface area contributed by atoms with E-state index in [1.807, 2.05) is 0 Å². The van der Waals surface area contributed by atoms with E-state index in [2.05, 4.69) is 20.8 Å². The molecule has 2 bridgehead atoms. The highest BCUT2D eigenvalue weighted by Crippen LogP contribution is 2.60. The molecule has 0 radical (unpaired) electrons. The first-order chi connectivity index (χ1) is 11.7.